The predicted molar refractivity (Wildman–Crippen MR) is 81.7 cm³/mol. The molecule has 2 saturated heterocycles. The second-order valence-corrected chi connectivity index (χ2v) is 6.78. The van der Waals surface area contributed by atoms with Gasteiger partial charge in [0.15, 0.2) is 5.79 Å². The minimum atomic E-state index is -0.499. The van der Waals surface area contributed by atoms with Crippen molar-refractivity contribution in [2.45, 2.75) is 38.5 Å². The molecule has 0 N–H and O–H groups in total. The molecule has 22 heavy (non-hydrogen) atoms. The first kappa shape index (κ1) is 14.0. The summed E-state index contributed by atoms with van der Waals surface area (Å²) >= 11 is 0. The van der Waals surface area contributed by atoms with Gasteiger partial charge in [0.1, 0.15) is 0 Å². The van der Waals surface area contributed by atoms with Crippen molar-refractivity contribution in [2.75, 3.05) is 13.2 Å². The van der Waals surface area contributed by atoms with Crippen LogP contribution in [-0.4, -0.2) is 29.8 Å². The highest BCUT2D eigenvalue weighted by Gasteiger charge is 2.53. The molecule has 1 atom stereocenters. The molecule has 2 fully saturated rings. The van der Waals surface area contributed by atoms with Crippen LogP contribution in [0.4, 0.5) is 0 Å². The Morgan fingerprint density at radius 2 is 1.91 bits per heavy atom. The van der Waals surface area contributed by atoms with Gasteiger partial charge in [-0.25, -0.2) is 0 Å². The molecule has 0 unspecified atom stereocenters. The van der Waals surface area contributed by atoms with Crippen LogP contribution in [0.2, 0.25) is 0 Å². The summed E-state index contributed by atoms with van der Waals surface area (Å²) in [5.41, 5.74) is 2.13. The average Bonchev–Trinajstić information content (AvgIpc) is 3.03. The predicted octanol–water partition coefficient (Wildman–Crippen LogP) is 2.85. The van der Waals surface area contributed by atoms with Crippen molar-refractivity contribution in [3.8, 4) is 0 Å². The van der Waals surface area contributed by atoms with Crippen molar-refractivity contribution < 1.29 is 14.3 Å². The van der Waals surface area contributed by atoms with Gasteiger partial charge in [-0.05, 0) is 5.56 Å². The van der Waals surface area contributed by atoms with Gasteiger partial charge in [0.05, 0.1) is 19.8 Å². The molecule has 1 amide bonds. The van der Waals surface area contributed by atoms with E-state index in [2.05, 4.69) is 25.1 Å². The van der Waals surface area contributed by atoms with Crippen LogP contribution in [0.1, 0.15) is 31.7 Å². The molecule has 1 aromatic carbocycles. The van der Waals surface area contributed by atoms with Gasteiger partial charge in [-0.2, -0.15) is 0 Å². The van der Waals surface area contributed by atoms with E-state index in [1.165, 1.54) is 0 Å². The fourth-order valence-corrected chi connectivity index (χ4v) is 4.06. The Balaban J connectivity index is 1.62. The van der Waals surface area contributed by atoms with E-state index >= 15 is 0 Å². The van der Waals surface area contributed by atoms with E-state index in [0.717, 1.165) is 24.1 Å². The summed E-state index contributed by atoms with van der Waals surface area (Å²) in [6.07, 6.45) is 4.20. The minimum Gasteiger partial charge on any atom is -0.347 e. The Morgan fingerprint density at radius 3 is 2.64 bits per heavy atom. The van der Waals surface area contributed by atoms with Crippen LogP contribution in [0, 0.1) is 5.41 Å². The number of ether oxygens (including phenoxy) is 2. The molecule has 1 spiro atoms. The first-order valence-electron chi connectivity index (χ1n) is 7.93. The third kappa shape index (κ3) is 2.18. The number of carbonyl (C=O) groups is 1. The van der Waals surface area contributed by atoms with E-state index in [-0.39, 0.29) is 11.3 Å². The van der Waals surface area contributed by atoms with Crippen LogP contribution < -0.4 is 0 Å². The summed E-state index contributed by atoms with van der Waals surface area (Å²) in [6.45, 7) is 4.12. The van der Waals surface area contributed by atoms with E-state index in [1.54, 1.807) is 0 Å². The first-order valence-corrected chi connectivity index (χ1v) is 7.93. The summed E-state index contributed by atoms with van der Waals surface area (Å²) in [5.74, 6) is -0.297. The van der Waals surface area contributed by atoms with Gasteiger partial charge in [0.25, 0.3) is 0 Å². The summed E-state index contributed by atoms with van der Waals surface area (Å²) < 4.78 is 11.7. The Hall–Kier alpha value is -1.65. The topological polar surface area (TPSA) is 38.8 Å². The highest BCUT2D eigenvalue weighted by Crippen LogP contribution is 2.52. The number of hydrogen-bond acceptors (Lipinski definition) is 3. The minimum absolute atomic E-state index is 0.172. The smallest absolute Gasteiger partial charge is 0.227 e. The van der Waals surface area contributed by atoms with Gasteiger partial charge < -0.3 is 14.4 Å². The van der Waals surface area contributed by atoms with E-state index < -0.39 is 5.79 Å². The van der Waals surface area contributed by atoms with Gasteiger partial charge >= 0.3 is 0 Å². The zero-order valence-electron chi connectivity index (χ0n) is 12.9. The summed E-state index contributed by atoms with van der Waals surface area (Å²) in [7, 11) is 0. The van der Waals surface area contributed by atoms with Gasteiger partial charge in [0.2, 0.25) is 5.91 Å². The molecule has 1 aromatic rings. The van der Waals surface area contributed by atoms with Crippen LogP contribution in [0.25, 0.3) is 0 Å². The molecule has 0 radical (unpaired) electrons. The standard InChI is InChI=1S/C18H21NO3/c1-17-11-16(20)19(12-14-5-3-2-4-6-14)15(17)7-8-18(13-17)21-9-10-22-18/h2-7H,8-13H2,1H3/t17-/m0/s1. The Labute approximate surface area is 130 Å². The zero-order valence-corrected chi connectivity index (χ0v) is 12.9. The lowest BCUT2D eigenvalue weighted by Gasteiger charge is -2.40. The maximum atomic E-state index is 12.6. The summed E-state index contributed by atoms with van der Waals surface area (Å²) in [5, 5.41) is 0. The highest BCUT2D eigenvalue weighted by molar-refractivity contribution is 5.83. The lowest BCUT2D eigenvalue weighted by atomic mass is 9.74. The largest absolute Gasteiger partial charge is 0.347 e. The molecule has 2 heterocycles. The van der Waals surface area contributed by atoms with Crippen molar-refractivity contribution in [3.05, 3.63) is 47.7 Å². The van der Waals surface area contributed by atoms with Crippen LogP contribution >= 0.6 is 0 Å². The monoisotopic (exact) mass is 299 g/mol. The molecule has 3 aliphatic rings. The average molecular weight is 299 g/mol. The molecule has 116 valence electrons. The van der Waals surface area contributed by atoms with E-state index in [1.807, 2.05) is 23.1 Å². The van der Waals surface area contributed by atoms with Gasteiger partial charge in [-0.3, -0.25) is 4.79 Å². The van der Waals surface area contributed by atoms with Gasteiger partial charge in [0, 0.05) is 30.4 Å². The number of carbonyl (C=O) groups excluding carboxylic acids is 1. The molecular formula is C18H21NO3. The van der Waals surface area contributed by atoms with Crippen molar-refractivity contribution >= 4 is 5.91 Å². The normalized spacial score (nSPS) is 29.8. The number of benzene rings is 1. The third-order valence-electron chi connectivity index (χ3n) is 5.01. The molecule has 2 aliphatic heterocycles. The van der Waals surface area contributed by atoms with Crippen molar-refractivity contribution in [3.63, 3.8) is 0 Å². The number of allylic oxidation sites excluding steroid dienone is 1. The summed E-state index contributed by atoms with van der Waals surface area (Å²) in [6, 6.07) is 10.2. The lowest BCUT2D eigenvalue weighted by molar-refractivity contribution is -0.178. The van der Waals surface area contributed by atoms with Crippen molar-refractivity contribution in [1.82, 2.24) is 4.90 Å². The second-order valence-electron chi connectivity index (χ2n) is 6.78. The zero-order chi connectivity index (χ0) is 15.2. The molecule has 0 aromatic heterocycles. The molecule has 1 aliphatic carbocycles. The van der Waals surface area contributed by atoms with Gasteiger partial charge in [-0.15, -0.1) is 0 Å². The Kier molecular flexibility index (Phi) is 3.13. The summed E-state index contributed by atoms with van der Waals surface area (Å²) in [4.78, 5) is 14.5. The van der Waals surface area contributed by atoms with Crippen LogP contribution in [0.15, 0.2) is 42.1 Å². The lowest BCUT2D eigenvalue weighted by Crippen LogP contribution is -2.40. The second kappa shape index (κ2) is 4.93. The number of nitrogens with zero attached hydrogens (tertiary/aromatic N) is 1. The highest BCUT2D eigenvalue weighted by atomic mass is 16.7. The SMILES string of the molecule is C[C@@]12CC(=O)N(Cc3ccccc3)C1=CCC1(C2)OCCO1. The molecule has 4 rings (SSSR count). The molecule has 0 bridgehead atoms. The van der Waals surface area contributed by atoms with Crippen molar-refractivity contribution in [2.24, 2.45) is 5.41 Å². The molecule has 4 nitrogen and oxygen atoms in total. The number of likely N-dealkylation sites (tertiary alicyclic amines) is 1. The fourth-order valence-electron chi connectivity index (χ4n) is 4.06. The van der Waals surface area contributed by atoms with Gasteiger partial charge in [-0.1, -0.05) is 43.3 Å². The maximum Gasteiger partial charge on any atom is 0.227 e. The number of rotatable bonds is 2. The quantitative estimate of drug-likeness (QED) is 0.843. The number of amides is 1. The first-order chi connectivity index (χ1) is 10.6. The number of hydrogen-bond donors (Lipinski definition) is 0. The van der Waals surface area contributed by atoms with Crippen LogP contribution in [-0.2, 0) is 20.8 Å². The van der Waals surface area contributed by atoms with Crippen LogP contribution in [0.5, 0.6) is 0 Å². The van der Waals surface area contributed by atoms with Crippen LogP contribution in [0.3, 0.4) is 0 Å². The number of fused-ring (bicyclic) bond motifs is 1. The van der Waals surface area contributed by atoms with E-state index in [9.17, 15) is 4.79 Å². The van der Waals surface area contributed by atoms with Crippen molar-refractivity contribution in [1.29, 1.82) is 0 Å². The molecular weight excluding hydrogens is 278 g/mol. The molecule has 4 heteroatoms. The third-order valence-corrected chi connectivity index (χ3v) is 5.01. The maximum absolute atomic E-state index is 12.6. The Bertz CT molecular complexity index is 618. The molecule has 0 saturated carbocycles. The fraction of sp³-hybridized carbons (Fsp3) is 0.500. The van der Waals surface area contributed by atoms with E-state index in [0.29, 0.717) is 26.2 Å². The van der Waals surface area contributed by atoms with E-state index in [4.69, 9.17) is 9.47 Å². The Morgan fingerprint density at radius 1 is 1.18 bits per heavy atom.